The zero-order chi connectivity index (χ0) is 17.5. The zero-order valence-corrected chi connectivity index (χ0v) is 17.5. The summed E-state index contributed by atoms with van der Waals surface area (Å²) in [5.41, 5.74) is 0.691. The lowest BCUT2D eigenvalue weighted by molar-refractivity contribution is -0.162. The Bertz CT molecular complexity index is 439. The summed E-state index contributed by atoms with van der Waals surface area (Å²) in [6.07, 6.45) is 9.18. The molecule has 4 atom stereocenters. The first-order valence-electron chi connectivity index (χ1n) is 9.58. The van der Waals surface area contributed by atoms with Crippen LogP contribution in [-0.4, -0.2) is 20.2 Å². The van der Waals surface area contributed by atoms with Gasteiger partial charge in [-0.05, 0) is 81.3 Å². The molecule has 2 saturated carbocycles. The van der Waals surface area contributed by atoms with Crippen LogP contribution in [0.3, 0.4) is 0 Å². The Kier molecular flexibility index (Phi) is 5.25. The maximum atomic E-state index is 11.1. The fourth-order valence-corrected chi connectivity index (χ4v) is 7.94. The Hall–Kier alpha value is -0.153. The number of aldehydes is 1. The van der Waals surface area contributed by atoms with Gasteiger partial charge in [-0.1, -0.05) is 27.2 Å². The van der Waals surface area contributed by atoms with Gasteiger partial charge >= 0.3 is 0 Å². The van der Waals surface area contributed by atoms with Crippen molar-refractivity contribution in [1.29, 1.82) is 0 Å². The molecule has 134 valence electrons. The summed E-state index contributed by atoms with van der Waals surface area (Å²) in [5, 5.41) is 0. The third-order valence-corrected chi connectivity index (χ3v) is 7.93. The van der Waals surface area contributed by atoms with Crippen molar-refractivity contribution in [3.05, 3.63) is 0 Å². The normalized spacial score (nSPS) is 40.5. The fraction of sp³-hybridized carbons (Fsp3) is 0.950. The molecule has 0 saturated heterocycles. The van der Waals surface area contributed by atoms with Crippen molar-refractivity contribution in [2.24, 2.45) is 22.7 Å². The van der Waals surface area contributed by atoms with Gasteiger partial charge in [-0.2, -0.15) is 0 Å². The summed E-state index contributed by atoms with van der Waals surface area (Å²) < 4.78 is 6.78. The quantitative estimate of drug-likeness (QED) is 0.466. The Morgan fingerprint density at radius 3 is 2.30 bits per heavy atom. The van der Waals surface area contributed by atoms with Gasteiger partial charge in [0.1, 0.15) is 6.29 Å². The van der Waals surface area contributed by atoms with Gasteiger partial charge in [0.05, 0.1) is 5.60 Å². The Balaban J connectivity index is 2.39. The van der Waals surface area contributed by atoms with Crippen LogP contribution in [0.25, 0.3) is 0 Å². The van der Waals surface area contributed by atoms with E-state index < -0.39 is 8.32 Å². The SMILES string of the molecule is CC1(C)CCC[C@]2(C)[C@@H](CCC=O)[C@](C)(O[Si](C)(C)C)CC[C@@H]12. The van der Waals surface area contributed by atoms with Crippen LogP contribution < -0.4 is 0 Å². The van der Waals surface area contributed by atoms with Gasteiger partial charge in [0, 0.05) is 6.42 Å². The summed E-state index contributed by atoms with van der Waals surface area (Å²) in [6, 6.07) is 0. The molecular weight excluding hydrogens is 300 g/mol. The highest BCUT2D eigenvalue weighted by Crippen LogP contribution is 2.63. The Labute approximate surface area is 144 Å². The monoisotopic (exact) mass is 338 g/mol. The fourth-order valence-electron chi connectivity index (χ4n) is 6.30. The van der Waals surface area contributed by atoms with E-state index in [4.69, 9.17) is 4.43 Å². The molecule has 2 rings (SSSR count). The minimum absolute atomic E-state index is 0.0495. The standard InChI is InChI=1S/C20H38O2Si/c1-18(2)12-9-13-19(3)16(18)11-14-20(4,22-23(5,6)7)17(19)10-8-15-21/h15-17H,8-14H2,1-7H3/t16-,17+,19-,20+/m0/s1. The maximum Gasteiger partial charge on any atom is 0.184 e. The van der Waals surface area contributed by atoms with Crippen LogP contribution >= 0.6 is 0 Å². The summed E-state index contributed by atoms with van der Waals surface area (Å²) >= 11 is 0. The van der Waals surface area contributed by atoms with Crippen molar-refractivity contribution in [1.82, 2.24) is 0 Å². The minimum atomic E-state index is -1.61. The largest absolute Gasteiger partial charge is 0.412 e. The number of hydrogen-bond acceptors (Lipinski definition) is 2. The van der Waals surface area contributed by atoms with Crippen LogP contribution in [0.5, 0.6) is 0 Å². The van der Waals surface area contributed by atoms with Crippen molar-refractivity contribution in [2.45, 2.75) is 97.9 Å². The van der Waals surface area contributed by atoms with E-state index in [0.717, 1.165) is 25.0 Å². The summed E-state index contributed by atoms with van der Waals surface area (Å²) in [5.74, 6) is 1.27. The van der Waals surface area contributed by atoms with E-state index in [-0.39, 0.29) is 5.60 Å². The number of carbonyl (C=O) groups is 1. The highest BCUT2D eigenvalue weighted by Gasteiger charge is 2.58. The maximum absolute atomic E-state index is 11.1. The molecule has 0 aliphatic heterocycles. The molecule has 0 spiro atoms. The highest BCUT2D eigenvalue weighted by atomic mass is 28.4. The molecule has 3 heteroatoms. The second-order valence-electron chi connectivity index (χ2n) is 10.3. The van der Waals surface area contributed by atoms with Crippen LogP contribution in [0.15, 0.2) is 0 Å². The Morgan fingerprint density at radius 1 is 1.09 bits per heavy atom. The van der Waals surface area contributed by atoms with Crippen LogP contribution in [0.2, 0.25) is 19.6 Å². The predicted molar refractivity (Wildman–Crippen MR) is 100 cm³/mol. The topological polar surface area (TPSA) is 26.3 Å². The molecule has 0 radical (unpaired) electrons. The molecule has 2 fully saturated rings. The zero-order valence-electron chi connectivity index (χ0n) is 16.5. The number of carbonyl (C=O) groups excluding carboxylic acids is 1. The van der Waals surface area contributed by atoms with E-state index in [0.29, 0.717) is 23.2 Å². The van der Waals surface area contributed by atoms with Crippen molar-refractivity contribution < 1.29 is 9.22 Å². The molecule has 0 N–H and O–H groups in total. The van der Waals surface area contributed by atoms with Crippen molar-refractivity contribution in [3.8, 4) is 0 Å². The number of fused-ring (bicyclic) bond motifs is 1. The average Bonchev–Trinajstić information content (AvgIpc) is 2.34. The molecule has 0 bridgehead atoms. The lowest BCUT2D eigenvalue weighted by atomic mass is 9.45. The van der Waals surface area contributed by atoms with Crippen molar-refractivity contribution in [3.63, 3.8) is 0 Å². The number of rotatable bonds is 5. The van der Waals surface area contributed by atoms with Gasteiger partial charge in [-0.3, -0.25) is 0 Å². The number of hydrogen-bond donors (Lipinski definition) is 0. The lowest BCUT2D eigenvalue weighted by Crippen LogP contribution is -2.60. The highest BCUT2D eigenvalue weighted by molar-refractivity contribution is 6.69. The third-order valence-electron chi connectivity index (χ3n) is 6.85. The molecule has 0 amide bonds. The first-order chi connectivity index (χ1) is 10.4. The molecule has 2 aliphatic rings. The van der Waals surface area contributed by atoms with Crippen LogP contribution in [0.1, 0.15) is 72.6 Å². The summed E-state index contributed by atoms with van der Waals surface area (Å²) in [6.45, 7) is 16.7. The van der Waals surface area contributed by atoms with E-state index >= 15 is 0 Å². The molecule has 0 unspecified atom stereocenters. The first-order valence-corrected chi connectivity index (χ1v) is 13.0. The van der Waals surface area contributed by atoms with E-state index in [1.54, 1.807) is 0 Å². The molecule has 0 heterocycles. The second kappa shape index (κ2) is 6.29. The average molecular weight is 339 g/mol. The van der Waals surface area contributed by atoms with Gasteiger partial charge in [-0.25, -0.2) is 0 Å². The second-order valence-corrected chi connectivity index (χ2v) is 14.7. The van der Waals surface area contributed by atoms with Gasteiger partial charge < -0.3 is 9.22 Å². The predicted octanol–water partition coefficient (Wildman–Crippen LogP) is 5.82. The van der Waals surface area contributed by atoms with E-state index in [2.05, 4.69) is 47.3 Å². The van der Waals surface area contributed by atoms with E-state index in [9.17, 15) is 4.79 Å². The van der Waals surface area contributed by atoms with Gasteiger partial charge in [0.25, 0.3) is 0 Å². The van der Waals surface area contributed by atoms with Crippen molar-refractivity contribution >= 4 is 14.6 Å². The van der Waals surface area contributed by atoms with Gasteiger partial charge in [0.2, 0.25) is 0 Å². The van der Waals surface area contributed by atoms with Crippen molar-refractivity contribution in [2.75, 3.05) is 0 Å². The molecule has 0 aromatic rings. The smallest absolute Gasteiger partial charge is 0.184 e. The Morgan fingerprint density at radius 2 is 1.74 bits per heavy atom. The third kappa shape index (κ3) is 3.76. The molecule has 23 heavy (non-hydrogen) atoms. The van der Waals surface area contributed by atoms with E-state index in [1.807, 2.05) is 0 Å². The van der Waals surface area contributed by atoms with Crippen LogP contribution in [-0.2, 0) is 9.22 Å². The van der Waals surface area contributed by atoms with Gasteiger partial charge in [0.15, 0.2) is 8.32 Å². The van der Waals surface area contributed by atoms with Crippen LogP contribution in [0.4, 0.5) is 0 Å². The van der Waals surface area contributed by atoms with Crippen LogP contribution in [0, 0.1) is 22.7 Å². The van der Waals surface area contributed by atoms with E-state index in [1.165, 1.54) is 25.7 Å². The summed E-state index contributed by atoms with van der Waals surface area (Å²) in [7, 11) is -1.61. The lowest BCUT2D eigenvalue weighted by Gasteiger charge is -2.63. The molecule has 0 aromatic heterocycles. The first kappa shape index (κ1) is 19.2. The molecule has 0 aromatic carbocycles. The molecule has 2 nitrogen and oxygen atoms in total. The summed E-state index contributed by atoms with van der Waals surface area (Å²) in [4.78, 5) is 11.1. The molecular formula is C20H38O2Si. The van der Waals surface area contributed by atoms with Gasteiger partial charge in [-0.15, -0.1) is 0 Å². The molecule has 2 aliphatic carbocycles. The minimum Gasteiger partial charge on any atom is -0.412 e.